The molecule has 6 nitrogen and oxygen atoms in total. The summed E-state index contributed by atoms with van der Waals surface area (Å²) in [6.07, 6.45) is 7.61. The van der Waals surface area contributed by atoms with Gasteiger partial charge in [0.25, 0.3) is 5.91 Å². The Morgan fingerprint density at radius 3 is 2.55 bits per heavy atom. The summed E-state index contributed by atoms with van der Waals surface area (Å²) < 4.78 is 0. The molecule has 1 aromatic carbocycles. The van der Waals surface area contributed by atoms with E-state index in [4.69, 9.17) is 11.6 Å². The van der Waals surface area contributed by atoms with Gasteiger partial charge >= 0.3 is 0 Å². The zero-order valence-corrected chi connectivity index (χ0v) is 20.0. The molecule has 3 rings (SSSR count). The first-order valence-corrected chi connectivity index (χ1v) is 11.3. The van der Waals surface area contributed by atoms with Crippen LogP contribution in [0.25, 0.3) is 11.3 Å². The van der Waals surface area contributed by atoms with Crippen LogP contribution in [0.5, 0.6) is 0 Å². The Labute approximate surface area is 200 Å². The maximum absolute atomic E-state index is 12.4. The molecule has 0 saturated heterocycles. The molecular formula is C26H29ClN4O2. The van der Waals surface area contributed by atoms with E-state index in [2.05, 4.69) is 22.0 Å². The summed E-state index contributed by atoms with van der Waals surface area (Å²) >= 11 is 6.52. The summed E-state index contributed by atoms with van der Waals surface area (Å²) in [6, 6.07) is 9.09. The second-order valence-corrected chi connectivity index (χ2v) is 8.74. The number of anilines is 1. The molecule has 1 saturated carbocycles. The van der Waals surface area contributed by atoms with E-state index >= 15 is 0 Å². The van der Waals surface area contributed by atoms with Gasteiger partial charge in [-0.2, -0.15) is 0 Å². The molecule has 0 unspecified atom stereocenters. The van der Waals surface area contributed by atoms with E-state index in [1.54, 1.807) is 30.2 Å². The Balaban J connectivity index is 1.67. The number of carbonyl (C=O) groups is 2. The Morgan fingerprint density at radius 2 is 1.97 bits per heavy atom. The van der Waals surface area contributed by atoms with Crippen molar-refractivity contribution in [1.29, 1.82) is 0 Å². The number of nitrogens with zero attached hydrogens (tertiary/aromatic N) is 3. The summed E-state index contributed by atoms with van der Waals surface area (Å²) in [4.78, 5) is 34.5. The molecule has 1 heterocycles. The molecule has 1 aromatic heterocycles. The number of allylic oxidation sites excluding steroid dienone is 3. The third-order valence-corrected chi connectivity index (χ3v) is 5.77. The monoisotopic (exact) mass is 464 g/mol. The molecule has 0 bridgehead atoms. The normalized spacial score (nSPS) is 14.1. The van der Waals surface area contributed by atoms with E-state index in [1.165, 1.54) is 0 Å². The largest absolute Gasteiger partial charge is 0.348 e. The number of rotatable bonds is 9. The van der Waals surface area contributed by atoms with Crippen LogP contribution in [0.2, 0.25) is 5.02 Å². The van der Waals surface area contributed by atoms with Crippen molar-refractivity contribution in [1.82, 2.24) is 10.3 Å². The van der Waals surface area contributed by atoms with Crippen LogP contribution in [-0.4, -0.2) is 36.6 Å². The number of hydrogen-bond donors (Lipinski definition) is 1. The average Bonchev–Trinajstić information content (AvgIpc) is 3.63. The SMILES string of the molecule is C=N/C(C)=C\C=C(/C)CNC(=O)c1ccc(-c2ccc(N(CC3CC3)C(C)=O)c(Cl)c2)nc1. The lowest BCUT2D eigenvalue weighted by Crippen LogP contribution is -2.30. The Bertz CT molecular complexity index is 1100. The fourth-order valence-corrected chi connectivity index (χ4v) is 3.52. The molecule has 7 heteroatoms. The minimum absolute atomic E-state index is 0.0151. The van der Waals surface area contributed by atoms with E-state index in [1.807, 2.05) is 44.2 Å². The van der Waals surface area contributed by atoms with E-state index in [0.29, 0.717) is 41.0 Å². The van der Waals surface area contributed by atoms with E-state index < -0.39 is 0 Å². The molecule has 1 N–H and O–H groups in total. The molecule has 0 atom stereocenters. The minimum Gasteiger partial charge on any atom is -0.348 e. The van der Waals surface area contributed by atoms with E-state index in [-0.39, 0.29) is 11.8 Å². The number of amides is 2. The number of nitrogens with one attached hydrogen (secondary N) is 1. The Hall–Kier alpha value is -3.25. The van der Waals surface area contributed by atoms with Crippen LogP contribution in [0.4, 0.5) is 5.69 Å². The highest BCUT2D eigenvalue weighted by atomic mass is 35.5. The lowest BCUT2D eigenvalue weighted by molar-refractivity contribution is -0.116. The van der Waals surface area contributed by atoms with Crippen molar-refractivity contribution >= 4 is 35.8 Å². The van der Waals surface area contributed by atoms with Gasteiger partial charge in [0.1, 0.15) is 0 Å². The molecule has 1 aliphatic rings. The number of halogens is 1. The van der Waals surface area contributed by atoms with Crippen LogP contribution in [0.3, 0.4) is 0 Å². The molecule has 2 amide bonds. The van der Waals surface area contributed by atoms with Crippen LogP contribution in [0.1, 0.15) is 44.0 Å². The van der Waals surface area contributed by atoms with Gasteiger partial charge < -0.3 is 10.2 Å². The maximum Gasteiger partial charge on any atom is 0.253 e. The van der Waals surface area contributed by atoms with Gasteiger partial charge in [0.2, 0.25) is 5.91 Å². The summed E-state index contributed by atoms with van der Waals surface area (Å²) in [5, 5.41) is 3.38. The van der Waals surface area contributed by atoms with Gasteiger partial charge in [-0.1, -0.05) is 29.3 Å². The maximum atomic E-state index is 12.4. The predicted molar refractivity (Wildman–Crippen MR) is 135 cm³/mol. The summed E-state index contributed by atoms with van der Waals surface area (Å²) in [5.74, 6) is 0.350. The van der Waals surface area contributed by atoms with E-state index in [9.17, 15) is 9.59 Å². The quantitative estimate of drug-likeness (QED) is 0.396. The smallest absolute Gasteiger partial charge is 0.253 e. The van der Waals surface area contributed by atoms with Gasteiger partial charge in [0.05, 0.1) is 22.0 Å². The number of hydrogen-bond acceptors (Lipinski definition) is 4. The van der Waals surface area contributed by atoms with Gasteiger partial charge in [-0.15, -0.1) is 0 Å². The second kappa shape index (κ2) is 11.1. The number of pyridine rings is 1. The minimum atomic E-state index is -0.199. The van der Waals surface area contributed by atoms with Crippen LogP contribution in [0.15, 0.2) is 64.9 Å². The Kier molecular flexibility index (Phi) is 8.17. The lowest BCUT2D eigenvalue weighted by Gasteiger charge is -2.22. The molecule has 172 valence electrons. The fraction of sp³-hybridized carbons (Fsp3) is 0.308. The summed E-state index contributed by atoms with van der Waals surface area (Å²) in [5.41, 5.74) is 4.51. The molecular weight excluding hydrogens is 436 g/mol. The zero-order valence-electron chi connectivity index (χ0n) is 19.3. The van der Waals surface area contributed by atoms with Crippen LogP contribution in [-0.2, 0) is 4.79 Å². The number of aromatic nitrogens is 1. The molecule has 0 radical (unpaired) electrons. The van der Waals surface area contributed by atoms with Crippen LogP contribution >= 0.6 is 11.6 Å². The van der Waals surface area contributed by atoms with Gasteiger partial charge in [0, 0.05) is 37.5 Å². The highest BCUT2D eigenvalue weighted by Crippen LogP contribution is 2.35. The summed E-state index contributed by atoms with van der Waals surface area (Å²) in [6.45, 7) is 9.94. The summed E-state index contributed by atoms with van der Waals surface area (Å²) in [7, 11) is 0. The first kappa shape index (κ1) is 24.4. The van der Waals surface area contributed by atoms with Crippen molar-refractivity contribution in [2.45, 2.75) is 33.6 Å². The van der Waals surface area contributed by atoms with Crippen LogP contribution in [0, 0.1) is 5.92 Å². The molecule has 0 spiro atoms. The van der Waals surface area contributed by atoms with Gasteiger partial charge in [0.15, 0.2) is 0 Å². The first-order chi connectivity index (χ1) is 15.8. The third-order valence-electron chi connectivity index (χ3n) is 5.46. The number of benzene rings is 1. The number of carbonyl (C=O) groups excluding carboxylic acids is 2. The van der Waals surface area contributed by atoms with Gasteiger partial charge in [-0.3, -0.25) is 19.6 Å². The van der Waals surface area contributed by atoms with Crippen molar-refractivity contribution < 1.29 is 9.59 Å². The zero-order chi connectivity index (χ0) is 24.0. The lowest BCUT2D eigenvalue weighted by atomic mass is 10.1. The molecule has 0 aliphatic heterocycles. The highest BCUT2D eigenvalue weighted by Gasteiger charge is 2.27. The van der Waals surface area contributed by atoms with Crippen molar-refractivity contribution in [3.8, 4) is 11.3 Å². The second-order valence-electron chi connectivity index (χ2n) is 8.33. The van der Waals surface area contributed by atoms with Crippen molar-refractivity contribution in [2.24, 2.45) is 10.9 Å². The molecule has 33 heavy (non-hydrogen) atoms. The van der Waals surface area contributed by atoms with E-state index in [0.717, 1.165) is 29.7 Å². The van der Waals surface area contributed by atoms with Gasteiger partial charge in [-0.25, -0.2) is 0 Å². The van der Waals surface area contributed by atoms with Crippen molar-refractivity contribution in [3.63, 3.8) is 0 Å². The topological polar surface area (TPSA) is 74.7 Å². The molecule has 1 fully saturated rings. The van der Waals surface area contributed by atoms with Crippen molar-refractivity contribution in [3.05, 3.63) is 70.5 Å². The third kappa shape index (κ3) is 6.86. The highest BCUT2D eigenvalue weighted by molar-refractivity contribution is 6.34. The standard InChI is InChI=1S/C26H29ClN4O2/c1-17(5-6-18(2)28-4)14-30-26(33)22-9-11-24(29-15-22)21-10-12-25(23(27)13-21)31(19(3)32)16-20-7-8-20/h5-6,9-13,15,20H,4,7-8,14,16H2,1-3H3,(H,30,33)/b17-5+,18-6-. The van der Waals surface area contributed by atoms with Crippen molar-refractivity contribution in [2.75, 3.05) is 18.0 Å². The molecule has 1 aliphatic carbocycles. The van der Waals surface area contributed by atoms with Gasteiger partial charge in [-0.05, 0) is 69.7 Å². The molecule has 2 aromatic rings. The predicted octanol–water partition coefficient (Wildman–Crippen LogP) is 5.45. The average molecular weight is 465 g/mol. The number of aliphatic imine (C=N–C) groups is 1. The first-order valence-electron chi connectivity index (χ1n) is 10.9. The Morgan fingerprint density at radius 1 is 1.21 bits per heavy atom. The fourth-order valence-electron chi connectivity index (χ4n) is 3.24. The van der Waals surface area contributed by atoms with Crippen LogP contribution < -0.4 is 10.2 Å².